The summed E-state index contributed by atoms with van der Waals surface area (Å²) in [5, 5.41) is 3.39. The summed E-state index contributed by atoms with van der Waals surface area (Å²) in [4.78, 5) is 7.19. The van der Waals surface area contributed by atoms with Crippen molar-refractivity contribution in [2.24, 2.45) is 5.73 Å². The fourth-order valence-electron chi connectivity index (χ4n) is 2.34. The van der Waals surface area contributed by atoms with Crippen LogP contribution in [-0.4, -0.2) is 29.5 Å². The quantitative estimate of drug-likeness (QED) is 0.850. The van der Waals surface area contributed by atoms with E-state index < -0.39 is 0 Å². The molecule has 3 nitrogen and oxygen atoms in total. The van der Waals surface area contributed by atoms with Gasteiger partial charge in [0.15, 0.2) is 0 Å². The van der Waals surface area contributed by atoms with Crippen LogP contribution in [0.25, 0.3) is 0 Å². The molecule has 0 saturated carbocycles. The molecular formula is C18H27N3S. The van der Waals surface area contributed by atoms with Crippen molar-refractivity contribution in [3.63, 3.8) is 0 Å². The van der Waals surface area contributed by atoms with Crippen LogP contribution < -0.4 is 5.73 Å². The number of thiazole rings is 1. The number of nitrogens with zero attached hydrogens (tertiary/aromatic N) is 2. The van der Waals surface area contributed by atoms with Gasteiger partial charge in [-0.1, -0.05) is 51.1 Å². The standard InChI is InChI=1S/C18H27N3S/c1-18(2,3)17-20-16(14-22-17)13-21(12-10-19)11-9-15-7-5-4-6-8-15/h4-8,14H,9-13,19H2,1-3H3. The van der Waals surface area contributed by atoms with Gasteiger partial charge in [-0.3, -0.25) is 4.90 Å². The van der Waals surface area contributed by atoms with E-state index in [2.05, 4.69) is 61.4 Å². The van der Waals surface area contributed by atoms with Gasteiger partial charge in [0.05, 0.1) is 10.7 Å². The zero-order chi connectivity index (χ0) is 16.0. The first-order valence-electron chi connectivity index (χ1n) is 7.90. The van der Waals surface area contributed by atoms with Gasteiger partial charge in [-0.25, -0.2) is 4.98 Å². The van der Waals surface area contributed by atoms with Crippen LogP contribution >= 0.6 is 11.3 Å². The van der Waals surface area contributed by atoms with Crippen molar-refractivity contribution in [2.75, 3.05) is 19.6 Å². The molecule has 0 amide bonds. The molecule has 2 N–H and O–H groups in total. The van der Waals surface area contributed by atoms with E-state index in [0.717, 1.165) is 31.7 Å². The first-order chi connectivity index (χ1) is 10.5. The van der Waals surface area contributed by atoms with Crippen molar-refractivity contribution >= 4 is 11.3 Å². The average Bonchev–Trinajstić information content (AvgIpc) is 2.95. The molecule has 0 spiro atoms. The van der Waals surface area contributed by atoms with Gasteiger partial charge >= 0.3 is 0 Å². The molecule has 1 aromatic heterocycles. The molecule has 0 aliphatic carbocycles. The van der Waals surface area contributed by atoms with Gasteiger partial charge < -0.3 is 5.73 Å². The molecule has 0 radical (unpaired) electrons. The minimum Gasteiger partial charge on any atom is -0.329 e. The fourth-order valence-corrected chi connectivity index (χ4v) is 3.24. The SMILES string of the molecule is CC(C)(C)c1nc(CN(CCN)CCc2ccccc2)cs1. The molecule has 0 saturated heterocycles. The van der Waals surface area contributed by atoms with Gasteiger partial charge in [-0.15, -0.1) is 11.3 Å². The predicted molar refractivity (Wildman–Crippen MR) is 95.3 cm³/mol. The van der Waals surface area contributed by atoms with Crippen LogP contribution in [0, 0.1) is 0 Å². The maximum atomic E-state index is 5.77. The summed E-state index contributed by atoms with van der Waals surface area (Å²) < 4.78 is 0. The van der Waals surface area contributed by atoms with Crippen molar-refractivity contribution in [3.8, 4) is 0 Å². The van der Waals surface area contributed by atoms with Crippen LogP contribution in [0.4, 0.5) is 0 Å². The molecule has 2 aromatic rings. The zero-order valence-electron chi connectivity index (χ0n) is 13.9. The second kappa shape index (κ2) is 7.86. The van der Waals surface area contributed by atoms with Crippen molar-refractivity contribution in [1.82, 2.24) is 9.88 Å². The number of aromatic nitrogens is 1. The average molecular weight is 318 g/mol. The van der Waals surface area contributed by atoms with E-state index >= 15 is 0 Å². The summed E-state index contributed by atoms with van der Waals surface area (Å²) in [6, 6.07) is 10.6. The number of hydrogen-bond acceptors (Lipinski definition) is 4. The molecule has 4 heteroatoms. The minimum atomic E-state index is 0.131. The van der Waals surface area contributed by atoms with Gasteiger partial charge in [0.25, 0.3) is 0 Å². The van der Waals surface area contributed by atoms with Crippen LogP contribution in [0.2, 0.25) is 0 Å². The largest absolute Gasteiger partial charge is 0.329 e. The molecule has 22 heavy (non-hydrogen) atoms. The number of hydrogen-bond donors (Lipinski definition) is 1. The lowest BCUT2D eigenvalue weighted by Crippen LogP contribution is -2.31. The van der Waals surface area contributed by atoms with E-state index in [0.29, 0.717) is 6.54 Å². The lowest BCUT2D eigenvalue weighted by atomic mass is 9.98. The van der Waals surface area contributed by atoms with Gasteiger partial charge in [0.1, 0.15) is 0 Å². The van der Waals surface area contributed by atoms with Crippen LogP contribution in [0.15, 0.2) is 35.7 Å². The Morgan fingerprint density at radius 1 is 1.14 bits per heavy atom. The van der Waals surface area contributed by atoms with Gasteiger partial charge in [0, 0.05) is 37.0 Å². The minimum absolute atomic E-state index is 0.131. The molecule has 0 fully saturated rings. The summed E-state index contributed by atoms with van der Waals surface area (Å²) in [5.74, 6) is 0. The smallest absolute Gasteiger partial charge is 0.0982 e. The highest BCUT2D eigenvalue weighted by atomic mass is 32.1. The normalized spacial score (nSPS) is 12.0. The summed E-state index contributed by atoms with van der Waals surface area (Å²) in [6.45, 7) is 10.1. The lowest BCUT2D eigenvalue weighted by Gasteiger charge is -2.20. The monoisotopic (exact) mass is 317 g/mol. The Kier molecular flexibility index (Phi) is 6.12. The number of rotatable bonds is 7. The van der Waals surface area contributed by atoms with Crippen LogP contribution in [0.5, 0.6) is 0 Å². The molecule has 0 bridgehead atoms. The van der Waals surface area contributed by atoms with Crippen LogP contribution in [-0.2, 0) is 18.4 Å². The second-order valence-corrected chi connectivity index (χ2v) is 7.55. The highest BCUT2D eigenvalue weighted by Crippen LogP contribution is 2.26. The third-order valence-corrected chi connectivity index (χ3v) is 4.90. The molecule has 0 unspecified atom stereocenters. The maximum absolute atomic E-state index is 5.77. The Morgan fingerprint density at radius 2 is 1.86 bits per heavy atom. The molecule has 120 valence electrons. The van der Waals surface area contributed by atoms with E-state index in [-0.39, 0.29) is 5.41 Å². The third-order valence-electron chi connectivity index (χ3n) is 3.58. The maximum Gasteiger partial charge on any atom is 0.0982 e. The lowest BCUT2D eigenvalue weighted by molar-refractivity contribution is 0.273. The van der Waals surface area contributed by atoms with E-state index in [1.807, 2.05) is 0 Å². The van der Waals surface area contributed by atoms with Gasteiger partial charge in [-0.2, -0.15) is 0 Å². The van der Waals surface area contributed by atoms with Crippen molar-refractivity contribution < 1.29 is 0 Å². The fraction of sp³-hybridized carbons (Fsp3) is 0.500. The molecule has 1 heterocycles. The molecule has 0 aliphatic rings. The van der Waals surface area contributed by atoms with Gasteiger partial charge in [-0.05, 0) is 12.0 Å². The predicted octanol–water partition coefficient (Wildman–Crippen LogP) is 3.44. The van der Waals surface area contributed by atoms with E-state index in [9.17, 15) is 0 Å². The highest BCUT2D eigenvalue weighted by Gasteiger charge is 2.18. The summed E-state index contributed by atoms with van der Waals surface area (Å²) in [5.41, 5.74) is 8.43. The Morgan fingerprint density at radius 3 is 2.45 bits per heavy atom. The number of benzene rings is 1. The number of nitrogens with two attached hydrogens (primary N) is 1. The second-order valence-electron chi connectivity index (χ2n) is 6.69. The third kappa shape index (κ3) is 5.20. The molecule has 0 aliphatic heterocycles. The molecule has 2 rings (SSSR count). The Labute approximate surface area is 138 Å². The van der Waals surface area contributed by atoms with Crippen LogP contribution in [0.1, 0.15) is 37.0 Å². The van der Waals surface area contributed by atoms with Crippen LogP contribution in [0.3, 0.4) is 0 Å². The summed E-state index contributed by atoms with van der Waals surface area (Å²) >= 11 is 1.76. The van der Waals surface area contributed by atoms with Crippen molar-refractivity contribution in [2.45, 2.75) is 39.2 Å². The van der Waals surface area contributed by atoms with Gasteiger partial charge in [0.2, 0.25) is 0 Å². The summed E-state index contributed by atoms with van der Waals surface area (Å²) in [7, 11) is 0. The molecule has 0 atom stereocenters. The topological polar surface area (TPSA) is 42.2 Å². The first kappa shape index (κ1) is 17.1. The Balaban J connectivity index is 1.95. The Hall–Kier alpha value is -1.23. The molecule has 1 aromatic carbocycles. The van der Waals surface area contributed by atoms with Crippen molar-refractivity contribution in [3.05, 3.63) is 52.0 Å². The first-order valence-corrected chi connectivity index (χ1v) is 8.78. The van der Waals surface area contributed by atoms with E-state index in [1.165, 1.54) is 10.6 Å². The van der Waals surface area contributed by atoms with Crippen molar-refractivity contribution in [1.29, 1.82) is 0 Å². The zero-order valence-corrected chi connectivity index (χ0v) is 14.7. The highest BCUT2D eigenvalue weighted by molar-refractivity contribution is 7.09. The Bertz CT molecular complexity index is 557. The summed E-state index contributed by atoms with van der Waals surface area (Å²) in [6.07, 6.45) is 1.05. The van der Waals surface area contributed by atoms with E-state index in [4.69, 9.17) is 10.7 Å². The van der Waals surface area contributed by atoms with E-state index in [1.54, 1.807) is 11.3 Å². The molecular weight excluding hydrogens is 290 g/mol.